The Morgan fingerprint density at radius 3 is 2.05 bits per heavy atom. The molecule has 0 spiro atoms. The Balaban J connectivity index is 1.98. The lowest BCUT2D eigenvalue weighted by atomic mass is 10.1. The van der Waals surface area contributed by atoms with Crippen molar-refractivity contribution in [3.05, 3.63) is 71.8 Å². The number of quaternary nitrogens is 1. The Kier molecular flexibility index (Phi) is 4.29. The van der Waals surface area contributed by atoms with E-state index >= 15 is 0 Å². The molecule has 1 aliphatic heterocycles. The predicted molar refractivity (Wildman–Crippen MR) is 93.2 cm³/mol. The van der Waals surface area contributed by atoms with E-state index in [0.29, 0.717) is 5.37 Å². The second-order valence-corrected chi connectivity index (χ2v) is 7.08. The minimum absolute atomic E-state index is 0.255. The lowest BCUT2D eigenvalue weighted by Gasteiger charge is -2.42. The highest BCUT2D eigenvalue weighted by atomic mass is 32.2. The first-order valence-corrected chi connectivity index (χ1v) is 8.34. The van der Waals surface area contributed by atoms with E-state index in [2.05, 4.69) is 79.7 Å². The van der Waals surface area contributed by atoms with Crippen LogP contribution in [0.2, 0.25) is 0 Å². The number of nitrogens with zero attached hydrogens (tertiary/aromatic N) is 1. The summed E-state index contributed by atoms with van der Waals surface area (Å²) in [5, 5.41) is 0.333. The maximum atomic E-state index is 5.61. The van der Waals surface area contributed by atoms with Gasteiger partial charge in [0.1, 0.15) is 4.32 Å². The fraction of sp³-hybridized carbons (Fsp3) is 0.235. The van der Waals surface area contributed by atoms with Crippen molar-refractivity contribution in [2.24, 2.45) is 0 Å². The van der Waals surface area contributed by atoms with Crippen LogP contribution in [0.5, 0.6) is 0 Å². The maximum Gasteiger partial charge on any atom is 0.191 e. The molecule has 1 N–H and O–H groups in total. The smallest absolute Gasteiger partial charge is 0.191 e. The van der Waals surface area contributed by atoms with E-state index in [1.54, 1.807) is 11.8 Å². The largest absolute Gasteiger partial charge is 0.307 e. The van der Waals surface area contributed by atoms with Crippen LogP contribution < -0.4 is 4.90 Å². The molecule has 0 aromatic heterocycles. The van der Waals surface area contributed by atoms with E-state index in [1.807, 2.05) is 0 Å². The molecule has 0 amide bonds. The van der Waals surface area contributed by atoms with Crippen molar-refractivity contribution in [2.75, 3.05) is 14.1 Å². The molecule has 1 saturated heterocycles. The number of hydrogen-bond acceptors (Lipinski definition) is 2. The van der Waals surface area contributed by atoms with Crippen LogP contribution in [0.4, 0.5) is 0 Å². The highest BCUT2D eigenvalue weighted by Crippen LogP contribution is 2.33. The van der Waals surface area contributed by atoms with Crippen molar-refractivity contribution in [3.63, 3.8) is 0 Å². The molecule has 2 aromatic carbocycles. The van der Waals surface area contributed by atoms with Crippen LogP contribution in [0.25, 0.3) is 0 Å². The third-order valence-electron chi connectivity index (χ3n) is 3.96. The summed E-state index contributed by atoms with van der Waals surface area (Å²) in [4.78, 5) is 3.65. The van der Waals surface area contributed by atoms with Crippen LogP contribution in [0, 0.1) is 0 Å². The van der Waals surface area contributed by atoms with Gasteiger partial charge in [0.05, 0.1) is 7.05 Å². The van der Waals surface area contributed by atoms with Gasteiger partial charge in [-0.15, -0.1) is 0 Å². The zero-order chi connectivity index (χ0) is 14.8. The summed E-state index contributed by atoms with van der Waals surface area (Å²) in [7, 11) is 4.35. The maximum absolute atomic E-state index is 5.61. The zero-order valence-corrected chi connectivity index (χ0v) is 13.8. The summed E-state index contributed by atoms with van der Waals surface area (Å²) in [5.41, 5.74) is 2.64. The highest BCUT2D eigenvalue weighted by molar-refractivity contribution is 8.22. The molecule has 1 aliphatic rings. The number of hydrogen-bond donors (Lipinski definition) is 1. The summed E-state index contributed by atoms with van der Waals surface area (Å²) >= 11 is 7.39. The molecule has 1 unspecified atom stereocenters. The fourth-order valence-corrected chi connectivity index (χ4v) is 4.39. The molecule has 2 nitrogen and oxygen atoms in total. The van der Waals surface area contributed by atoms with E-state index < -0.39 is 0 Å². The molecule has 3 rings (SSSR count). The van der Waals surface area contributed by atoms with E-state index in [-0.39, 0.29) is 6.17 Å². The van der Waals surface area contributed by atoms with Gasteiger partial charge >= 0.3 is 0 Å². The van der Waals surface area contributed by atoms with Crippen LogP contribution in [0.1, 0.15) is 22.7 Å². The zero-order valence-electron chi connectivity index (χ0n) is 12.2. The first-order valence-electron chi connectivity index (χ1n) is 7.05. The predicted octanol–water partition coefficient (Wildman–Crippen LogP) is 2.86. The molecule has 3 atom stereocenters. The Morgan fingerprint density at radius 2 is 1.48 bits per heavy atom. The van der Waals surface area contributed by atoms with Crippen molar-refractivity contribution in [3.8, 4) is 0 Å². The van der Waals surface area contributed by atoms with Crippen LogP contribution in [0.15, 0.2) is 60.7 Å². The topological polar surface area (TPSA) is 7.68 Å². The minimum Gasteiger partial charge on any atom is -0.307 e. The van der Waals surface area contributed by atoms with Crippen molar-refractivity contribution in [1.82, 2.24) is 4.90 Å². The normalized spacial score (nSPS) is 25.9. The molecular formula is C17H19N2S2+. The van der Waals surface area contributed by atoms with Crippen molar-refractivity contribution in [1.29, 1.82) is 0 Å². The van der Waals surface area contributed by atoms with Gasteiger partial charge in [0.15, 0.2) is 11.5 Å². The minimum atomic E-state index is 0.255. The molecule has 4 heteroatoms. The lowest BCUT2D eigenvalue weighted by Crippen LogP contribution is -3.12. The van der Waals surface area contributed by atoms with Crippen molar-refractivity contribution in [2.45, 2.75) is 11.5 Å². The van der Waals surface area contributed by atoms with Gasteiger partial charge in [-0.25, -0.2) is 0 Å². The lowest BCUT2D eigenvalue weighted by molar-refractivity contribution is -0.939. The Labute approximate surface area is 135 Å². The fourth-order valence-electron chi connectivity index (χ4n) is 2.91. The van der Waals surface area contributed by atoms with Crippen LogP contribution in [-0.2, 0) is 0 Å². The Hall–Kier alpha value is -1.36. The summed E-state index contributed by atoms with van der Waals surface area (Å²) < 4.78 is 0.961. The molecule has 1 fully saturated rings. The van der Waals surface area contributed by atoms with Crippen molar-refractivity contribution < 1.29 is 4.90 Å². The van der Waals surface area contributed by atoms with E-state index in [1.165, 1.54) is 16.0 Å². The second kappa shape index (κ2) is 6.18. The SMILES string of the molecule is CN1C(=S)S[C@H](c2ccccc2)[NH+](C)[C@H]1c1ccccc1. The number of nitrogens with one attached hydrogen (secondary N) is 1. The van der Waals surface area contributed by atoms with Gasteiger partial charge in [0.2, 0.25) is 0 Å². The molecule has 1 heterocycles. The van der Waals surface area contributed by atoms with Gasteiger partial charge in [-0.3, -0.25) is 4.90 Å². The van der Waals surface area contributed by atoms with Gasteiger partial charge in [-0.2, -0.15) is 0 Å². The van der Waals surface area contributed by atoms with E-state index in [0.717, 1.165) is 4.32 Å². The Bertz CT molecular complexity index is 615. The van der Waals surface area contributed by atoms with Crippen LogP contribution in [0.3, 0.4) is 0 Å². The summed E-state index contributed by atoms with van der Waals surface area (Å²) in [6.07, 6.45) is 0.255. The molecule has 0 aliphatic carbocycles. The molecule has 0 radical (unpaired) electrons. The Morgan fingerprint density at radius 1 is 0.952 bits per heavy atom. The molecular weight excluding hydrogens is 296 g/mol. The standard InChI is InChI=1S/C17H18N2S2/c1-18-15(13-9-5-3-6-10-13)19(2)17(20)21-16(18)14-11-7-4-8-12-14/h3-12,15-16H,1-2H3/p+1/t15-,16-/m1/s1. The number of rotatable bonds is 2. The molecule has 2 aromatic rings. The quantitative estimate of drug-likeness (QED) is 0.853. The molecule has 108 valence electrons. The average Bonchev–Trinajstić information content (AvgIpc) is 2.53. The molecule has 0 bridgehead atoms. The van der Waals surface area contributed by atoms with Gasteiger partial charge in [0.25, 0.3) is 0 Å². The van der Waals surface area contributed by atoms with Crippen molar-refractivity contribution >= 4 is 28.3 Å². The van der Waals surface area contributed by atoms with E-state index in [9.17, 15) is 0 Å². The third kappa shape index (κ3) is 2.84. The van der Waals surface area contributed by atoms with Gasteiger partial charge in [0, 0.05) is 18.2 Å². The summed E-state index contributed by atoms with van der Waals surface area (Å²) in [6, 6.07) is 21.3. The second-order valence-electron chi connectivity index (χ2n) is 5.34. The van der Waals surface area contributed by atoms with Crippen LogP contribution >= 0.6 is 24.0 Å². The highest BCUT2D eigenvalue weighted by Gasteiger charge is 2.40. The van der Waals surface area contributed by atoms with Gasteiger partial charge < -0.3 is 4.90 Å². The number of thiocarbonyl (C=S) groups is 1. The average molecular weight is 315 g/mol. The van der Waals surface area contributed by atoms with Gasteiger partial charge in [-0.1, -0.05) is 72.9 Å². The monoisotopic (exact) mass is 315 g/mol. The summed E-state index contributed by atoms with van der Waals surface area (Å²) in [5.74, 6) is 0. The van der Waals surface area contributed by atoms with Gasteiger partial charge in [-0.05, 0) is 11.8 Å². The molecule has 0 saturated carbocycles. The first-order chi connectivity index (χ1) is 10.2. The van der Waals surface area contributed by atoms with E-state index in [4.69, 9.17) is 12.2 Å². The number of benzene rings is 2. The molecule has 21 heavy (non-hydrogen) atoms. The summed E-state index contributed by atoms with van der Waals surface area (Å²) in [6.45, 7) is 0. The third-order valence-corrected chi connectivity index (χ3v) is 5.90. The van der Waals surface area contributed by atoms with Crippen LogP contribution in [-0.4, -0.2) is 23.3 Å². The number of thioether (sulfide) groups is 1. The first kappa shape index (κ1) is 14.6.